The number of rotatable bonds is 4. The van der Waals surface area contributed by atoms with E-state index in [1.54, 1.807) is 0 Å². The largest absolute Gasteiger partial charge is 0.489 e. The van der Waals surface area contributed by atoms with Crippen molar-refractivity contribution in [2.45, 2.75) is 20.0 Å². The predicted octanol–water partition coefficient (Wildman–Crippen LogP) is 4.59. The average Bonchev–Trinajstić information content (AvgIpc) is 2.38. The Morgan fingerprint density at radius 2 is 1.71 bits per heavy atom. The average molecular weight is 291 g/mol. The van der Waals surface area contributed by atoms with Crippen LogP contribution < -0.4 is 4.74 Å². The first-order chi connectivity index (χ1) is 8.29. The van der Waals surface area contributed by atoms with Gasteiger partial charge in [0.15, 0.2) is 0 Å². The minimum atomic E-state index is 0.615. The van der Waals surface area contributed by atoms with Gasteiger partial charge in [0.25, 0.3) is 0 Å². The van der Waals surface area contributed by atoms with Crippen LogP contribution in [0.1, 0.15) is 18.1 Å². The molecule has 0 aliphatic rings. The summed E-state index contributed by atoms with van der Waals surface area (Å²) in [6, 6.07) is 16.4. The number of hydrogen-bond donors (Lipinski definition) is 0. The second-order valence-corrected chi connectivity index (χ2v) is 4.79. The molecule has 0 fully saturated rings. The summed E-state index contributed by atoms with van der Waals surface area (Å²) in [7, 11) is 0. The van der Waals surface area contributed by atoms with Crippen LogP contribution in [-0.2, 0) is 13.0 Å². The monoisotopic (exact) mass is 290 g/mol. The molecule has 0 amide bonds. The summed E-state index contributed by atoms with van der Waals surface area (Å²) in [4.78, 5) is 0. The molecule has 0 aliphatic carbocycles. The molecule has 0 N–H and O–H groups in total. The lowest BCUT2D eigenvalue weighted by Crippen LogP contribution is -1.97. The van der Waals surface area contributed by atoms with Crippen molar-refractivity contribution < 1.29 is 4.74 Å². The number of para-hydroxylation sites is 1. The van der Waals surface area contributed by atoms with Crippen LogP contribution in [0.5, 0.6) is 5.75 Å². The smallest absolute Gasteiger partial charge is 0.122 e. The van der Waals surface area contributed by atoms with Crippen LogP contribution in [-0.4, -0.2) is 0 Å². The van der Waals surface area contributed by atoms with Crippen molar-refractivity contribution in [2.24, 2.45) is 0 Å². The van der Waals surface area contributed by atoms with Gasteiger partial charge in [0.05, 0.1) is 0 Å². The molecule has 0 saturated carbocycles. The SMILES string of the molecule is CCc1ccccc1OCc1ccc(Br)cc1. The summed E-state index contributed by atoms with van der Waals surface area (Å²) in [6.07, 6.45) is 0.997. The summed E-state index contributed by atoms with van der Waals surface area (Å²) >= 11 is 3.42. The van der Waals surface area contributed by atoms with Gasteiger partial charge in [0, 0.05) is 4.47 Å². The van der Waals surface area contributed by atoms with E-state index in [9.17, 15) is 0 Å². The van der Waals surface area contributed by atoms with E-state index in [0.717, 1.165) is 16.6 Å². The molecule has 2 heteroatoms. The molecular weight excluding hydrogens is 276 g/mol. The normalized spacial score (nSPS) is 10.2. The quantitative estimate of drug-likeness (QED) is 0.800. The van der Waals surface area contributed by atoms with Crippen molar-refractivity contribution in [3.8, 4) is 5.75 Å². The number of benzene rings is 2. The topological polar surface area (TPSA) is 9.23 Å². The van der Waals surface area contributed by atoms with Gasteiger partial charge in [-0.1, -0.05) is 53.2 Å². The van der Waals surface area contributed by atoms with Crippen LogP contribution in [0.25, 0.3) is 0 Å². The van der Waals surface area contributed by atoms with Gasteiger partial charge in [-0.2, -0.15) is 0 Å². The summed E-state index contributed by atoms with van der Waals surface area (Å²) in [5, 5.41) is 0. The third kappa shape index (κ3) is 3.34. The maximum atomic E-state index is 5.84. The fourth-order valence-electron chi connectivity index (χ4n) is 1.68. The molecule has 0 radical (unpaired) electrons. The molecule has 1 nitrogen and oxygen atoms in total. The van der Waals surface area contributed by atoms with E-state index in [4.69, 9.17) is 4.74 Å². The van der Waals surface area contributed by atoms with Gasteiger partial charge in [0.1, 0.15) is 12.4 Å². The van der Waals surface area contributed by atoms with E-state index in [1.807, 2.05) is 30.3 Å². The highest BCUT2D eigenvalue weighted by atomic mass is 79.9. The van der Waals surface area contributed by atoms with Crippen LogP contribution in [0.4, 0.5) is 0 Å². The van der Waals surface area contributed by atoms with E-state index < -0.39 is 0 Å². The number of hydrogen-bond acceptors (Lipinski definition) is 1. The zero-order chi connectivity index (χ0) is 12.1. The Labute approximate surface area is 111 Å². The second kappa shape index (κ2) is 5.87. The van der Waals surface area contributed by atoms with Gasteiger partial charge >= 0.3 is 0 Å². The highest BCUT2D eigenvalue weighted by Crippen LogP contribution is 2.20. The first-order valence-corrected chi connectivity index (χ1v) is 6.54. The zero-order valence-corrected chi connectivity index (χ0v) is 11.4. The third-order valence-electron chi connectivity index (χ3n) is 2.66. The van der Waals surface area contributed by atoms with Gasteiger partial charge in [-0.05, 0) is 35.7 Å². The highest BCUT2D eigenvalue weighted by Gasteiger charge is 2.01. The van der Waals surface area contributed by atoms with Gasteiger partial charge < -0.3 is 4.74 Å². The molecule has 0 saturated heterocycles. The van der Waals surface area contributed by atoms with Crippen molar-refractivity contribution in [2.75, 3.05) is 0 Å². The van der Waals surface area contributed by atoms with Crippen LogP contribution in [0.2, 0.25) is 0 Å². The molecule has 2 aromatic rings. The zero-order valence-electron chi connectivity index (χ0n) is 9.82. The Morgan fingerprint density at radius 3 is 2.41 bits per heavy atom. The van der Waals surface area contributed by atoms with E-state index in [-0.39, 0.29) is 0 Å². The van der Waals surface area contributed by atoms with Crippen LogP contribution >= 0.6 is 15.9 Å². The number of ether oxygens (including phenoxy) is 1. The molecule has 0 atom stereocenters. The molecule has 0 bridgehead atoms. The Hall–Kier alpha value is -1.28. The van der Waals surface area contributed by atoms with Crippen molar-refractivity contribution in [1.29, 1.82) is 0 Å². The Bertz CT molecular complexity index is 477. The third-order valence-corrected chi connectivity index (χ3v) is 3.19. The van der Waals surface area contributed by atoms with Crippen molar-refractivity contribution in [3.05, 3.63) is 64.1 Å². The molecule has 88 valence electrons. The molecule has 0 unspecified atom stereocenters. The molecule has 0 heterocycles. The predicted molar refractivity (Wildman–Crippen MR) is 74.3 cm³/mol. The first-order valence-electron chi connectivity index (χ1n) is 5.74. The van der Waals surface area contributed by atoms with Gasteiger partial charge in [-0.15, -0.1) is 0 Å². The molecular formula is C15H15BrO. The number of aryl methyl sites for hydroxylation is 1. The molecule has 2 rings (SSSR count). The Morgan fingerprint density at radius 1 is 1.00 bits per heavy atom. The van der Waals surface area contributed by atoms with E-state index in [1.165, 1.54) is 11.1 Å². The van der Waals surface area contributed by atoms with Crippen molar-refractivity contribution >= 4 is 15.9 Å². The Kier molecular flexibility index (Phi) is 4.21. The fourth-order valence-corrected chi connectivity index (χ4v) is 1.94. The lowest BCUT2D eigenvalue weighted by Gasteiger charge is -2.10. The maximum absolute atomic E-state index is 5.84. The van der Waals surface area contributed by atoms with Gasteiger partial charge in [-0.3, -0.25) is 0 Å². The standard InChI is InChI=1S/C15H15BrO/c1-2-13-5-3-4-6-15(13)17-11-12-7-9-14(16)10-8-12/h3-10H,2,11H2,1H3. The summed E-state index contributed by atoms with van der Waals surface area (Å²) in [5.41, 5.74) is 2.43. The fraction of sp³-hybridized carbons (Fsp3) is 0.200. The van der Waals surface area contributed by atoms with Crippen molar-refractivity contribution in [3.63, 3.8) is 0 Å². The minimum Gasteiger partial charge on any atom is -0.489 e. The van der Waals surface area contributed by atoms with Gasteiger partial charge in [0.2, 0.25) is 0 Å². The highest BCUT2D eigenvalue weighted by molar-refractivity contribution is 9.10. The van der Waals surface area contributed by atoms with E-state index >= 15 is 0 Å². The number of halogens is 1. The lowest BCUT2D eigenvalue weighted by molar-refractivity contribution is 0.303. The van der Waals surface area contributed by atoms with Crippen molar-refractivity contribution in [1.82, 2.24) is 0 Å². The summed E-state index contributed by atoms with van der Waals surface area (Å²) in [6.45, 7) is 2.76. The summed E-state index contributed by atoms with van der Waals surface area (Å²) in [5.74, 6) is 0.984. The van der Waals surface area contributed by atoms with E-state index in [0.29, 0.717) is 6.61 Å². The second-order valence-electron chi connectivity index (χ2n) is 3.88. The Balaban J connectivity index is 2.04. The maximum Gasteiger partial charge on any atom is 0.122 e. The first kappa shape index (κ1) is 12.2. The molecule has 2 aromatic carbocycles. The van der Waals surface area contributed by atoms with Crippen LogP contribution in [0.15, 0.2) is 53.0 Å². The molecule has 0 aliphatic heterocycles. The molecule has 0 aromatic heterocycles. The lowest BCUT2D eigenvalue weighted by atomic mass is 10.1. The van der Waals surface area contributed by atoms with Gasteiger partial charge in [-0.25, -0.2) is 0 Å². The van der Waals surface area contributed by atoms with E-state index in [2.05, 4.69) is 41.1 Å². The molecule has 17 heavy (non-hydrogen) atoms. The molecule has 0 spiro atoms. The minimum absolute atomic E-state index is 0.615. The summed E-state index contributed by atoms with van der Waals surface area (Å²) < 4.78 is 6.93. The van der Waals surface area contributed by atoms with Crippen LogP contribution in [0, 0.1) is 0 Å². The van der Waals surface area contributed by atoms with Crippen LogP contribution in [0.3, 0.4) is 0 Å².